The summed E-state index contributed by atoms with van der Waals surface area (Å²) in [5, 5.41) is 0. The highest BCUT2D eigenvalue weighted by atomic mass is 35.5. The third-order valence-electron chi connectivity index (χ3n) is 2.02. The van der Waals surface area contributed by atoms with Crippen molar-refractivity contribution in [2.45, 2.75) is 26.2 Å². The minimum atomic E-state index is 0.620. The summed E-state index contributed by atoms with van der Waals surface area (Å²) >= 11 is 5.81. The van der Waals surface area contributed by atoms with Crippen LogP contribution in [0.2, 0.25) is 0 Å². The summed E-state index contributed by atoms with van der Waals surface area (Å²) in [6.07, 6.45) is 3.48. The molecule has 0 saturated heterocycles. The molecule has 13 heavy (non-hydrogen) atoms. The smallest absolute Gasteiger partial charge is 0.0700 e. The van der Waals surface area contributed by atoms with Crippen molar-refractivity contribution in [2.24, 2.45) is 5.92 Å². The molecule has 0 aromatic heterocycles. The van der Waals surface area contributed by atoms with Gasteiger partial charge in [-0.15, -0.1) is 11.6 Å². The largest absolute Gasteiger partial charge is 0.382 e. The fraction of sp³-hybridized carbons (Fsp3) is 1.00. The molecule has 3 heteroatoms. The maximum absolute atomic E-state index is 5.81. The molecular formula is C10H21ClO2. The van der Waals surface area contributed by atoms with Crippen LogP contribution in [-0.4, -0.2) is 32.8 Å². The number of methoxy groups -OCH3 is 1. The first kappa shape index (κ1) is 13.2. The average molecular weight is 209 g/mol. The highest BCUT2D eigenvalue weighted by Gasteiger charge is 2.05. The lowest BCUT2D eigenvalue weighted by atomic mass is 10.0. The summed E-state index contributed by atoms with van der Waals surface area (Å²) in [7, 11) is 1.68. The molecular weight excluding hydrogens is 188 g/mol. The van der Waals surface area contributed by atoms with Crippen LogP contribution in [0, 0.1) is 5.92 Å². The van der Waals surface area contributed by atoms with Crippen molar-refractivity contribution in [3.8, 4) is 0 Å². The Bertz CT molecular complexity index is 98.9. The van der Waals surface area contributed by atoms with Crippen LogP contribution in [0.1, 0.15) is 26.2 Å². The third-order valence-corrected chi connectivity index (χ3v) is 2.45. The van der Waals surface area contributed by atoms with E-state index in [0.29, 0.717) is 19.1 Å². The highest BCUT2D eigenvalue weighted by Crippen LogP contribution is 2.12. The summed E-state index contributed by atoms with van der Waals surface area (Å²) in [5.41, 5.74) is 0. The van der Waals surface area contributed by atoms with Gasteiger partial charge in [-0.2, -0.15) is 0 Å². The molecule has 2 nitrogen and oxygen atoms in total. The molecule has 0 rings (SSSR count). The van der Waals surface area contributed by atoms with Gasteiger partial charge in [-0.05, 0) is 18.8 Å². The first-order chi connectivity index (χ1) is 6.35. The molecule has 0 saturated carbocycles. The molecule has 0 heterocycles. The van der Waals surface area contributed by atoms with Crippen molar-refractivity contribution in [2.75, 3.05) is 32.8 Å². The SMILES string of the molecule is CCCC(CCl)CCOCCOC. The second-order valence-electron chi connectivity index (χ2n) is 3.20. The van der Waals surface area contributed by atoms with Crippen molar-refractivity contribution in [1.29, 1.82) is 0 Å². The van der Waals surface area contributed by atoms with Crippen LogP contribution >= 0.6 is 11.6 Å². The zero-order valence-corrected chi connectivity index (χ0v) is 9.48. The number of rotatable bonds is 9. The Morgan fingerprint density at radius 2 is 1.92 bits per heavy atom. The molecule has 0 bridgehead atoms. The van der Waals surface area contributed by atoms with E-state index in [9.17, 15) is 0 Å². The molecule has 0 aliphatic rings. The molecule has 80 valence electrons. The minimum absolute atomic E-state index is 0.620. The first-order valence-corrected chi connectivity index (χ1v) is 5.51. The Morgan fingerprint density at radius 1 is 1.15 bits per heavy atom. The number of alkyl halides is 1. The summed E-state index contributed by atoms with van der Waals surface area (Å²) in [5.74, 6) is 1.37. The van der Waals surface area contributed by atoms with Crippen LogP contribution in [0.15, 0.2) is 0 Å². The van der Waals surface area contributed by atoms with E-state index >= 15 is 0 Å². The number of hydrogen-bond acceptors (Lipinski definition) is 2. The summed E-state index contributed by atoms with van der Waals surface area (Å²) in [6.45, 7) is 4.36. The van der Waals surface area contributed by atoms with Crippen LogP contribution in [-0.2, 0) is 9.47 Å². The zero-order valence-electron chi connectivity index (χ0n) is 8.72. The van der Waals surface area contributed by atoms with E-state index < -0.39 is 0 Å². The molecule has 0 spiro atoms. The van der Waals surface area contributed by atoms with E-state index in [1.807, 2.05) is 0 Å². The van der Waals surface area contributed by atoms with Gasteiger partial charge in [-0.25, -0.2) is 0 Å². The van der Waals surface area contributed by atoms with Crippen molar-refractivity contribution in [1.82, 2.24) is 0 Å². The van der Waals surface area contributed by atoms with Gasteiger partial charge in [-0.1, -0.05) is 13.3 Å². The van der Waals surface area contributed by atoms with E-state index in [-0.39, 0.29) is 0 Å². The van der Waals surface area contributed by atoms with Crippen molar-refractivity contribution in [3.63, 3.8) is 0 Å². The predicted molar refractivity (Wildman–Crippen MR) is 56.4 cm³/mol. The average Bonchev–Trinajstić information content (AvgIpc) is 2.16. The Labute approximate surface area is 86.6 Å². The van der Waals surface area contributed by atoms with Gasteiger partial charge >= 0.3 is 0 Å². The van der Waals surface area contributed by atoms with Crippen molar-refractivity contribution < 1.29 is 9.47 Å². The molecule has 1 atom stereocenters. The molecule has 0 aliphatic heterocycles. The van der Waals surface area contributed by atoms with Gasteiger partial charge in [-0.3, -0.25) is 0 Å². The molecule has 0 N–H and O–H groups in total. The molecule has 1 unspecified atom stereocenters. The highest BCUT2D eigenvalue weighted by molar-refractivity contribution is 6.18. The van der Waals surface area contributed by atoms with Gasteiger partial charge in [0.2, 0.25) is 0 Å². The van der Waals surface area contributed by atoms with Gasteiger partial charge in [0.1, 0.15) is 0 Å². The lowest BCUT2D eigenvalue weighted by Crippen LogP contribution is -2.09. The molecule has 0 fully saturated rings. The van der Waals surface area contributed by atoms with Crippen LogP contribution in [0.25, 0.3) is 0 Å². The Hall–Kier alpha value is 0.210. The Balaban J connectivity index is 3.17. The summed E-state index contributed by atoms with van der Waals surface area (Å²) < 4.78 is 10.2. The number of ether oxygens (including phenoxy) is 2. The maximum atomic E-state index is 5.81. The first-order valence-electron chi connectivity index (χ1n) is 4.97. The standard InChI is InChI=1S/C10H21ClO2/c1-3-4-10(9-11)5-6-13-8-7-12-2/h10H,3-9H2,1-2H3. The van der Waals surface area contributed by atoms with Crippen LogP contribution in [0.5, 0.6) is 0 Å². The van der Waals surface area contributed by atoms with Crippen molar-refractivity contribution >= 4 is 11.6 Å². The maximum Gasteiger partial charge on any atom is 0.0700 e. The van der Waals surface area contributed by atoms with Crippen LogP contribution < -0.4 is 0 Å². The van der Waals surface area contributed by atoms with Crippen LogP contribution in [0.4, 0.5) is 0 Å². The second kappa shape index (κ2) is 10.3. The topological polar surface area (TPSA) is 18.5 Å². The van der Waals surface area contributed by atoms with Crippen LogP contribution in [0.3, 0.4) is 0 Å². The Kier molecular flexibility index (Phi) is 10.5. The molecule has 0 aromatic carbocycles. The van der Waals surface area contributed by atoms with E-state index in [0.717, 1.165) is 18.9 Å². The number of hydrogen-bond donors (Lipinski definition) is 0. The lowest BCUT2D eigenvalue weighted by molar-refractivity contribution is 0.0643. The molecule has 0 aromatic rings. The quantitative estimate of drug-likeness (QED) is 0.429. The fourth-order valence-corrected chi connectivity index (χ4v) is 1.51. The van der Waals surface area contributed by atoms with Gasteiger partial charge in [0, 0.05) is 19.6 Å². The number of halogens is 1. The summed E-state index contributed by atoms with van der Waals surface area (Å²) in [4.78, 5) is 0. The van der Waals surface area contributed by atoms with E-state index in [1.165, 1.54) is 12.8 Å². The summed E-state index contributed by atoms with van der Waals surface area (Å²) in [6, 6.07) is 0. The predicted octanol–water partition coefficient (Wildman–Crippen LogP) is 2.69. The molecule has 0 radical (unpaired) electrons. The van der Waals surface area contributed by atoms with Gasteiger partial charge < -0.3 is 9.47 Å². The van der Waals surface area contributed by atoms with Gasteiger partial charge in [0.25, 0.3) is 0 Å². The van der Waals surface area contributed by atoms with Gasteiger partial charge in [0.05, 0.1) is 13.2 Å². The normalized spacial score (nSPS) is 13.2. The lowest BCUT2D eigenvalue weighted by Gasteiger charge is -2.12. The van der Waals surface area contributed by atoms with Crippen molar-refractivity contribution in [3.05, 3.63) is 0 Å². The van der Waals surface area contributed by atoms with Gasteiger partial charge in [0.15, 0.2) is 0 Å². The van der Waals surface area contributed by atoms with E-state index in [2.05, 4.69) is 6.92 Å². The molecule has 0 amide bonds. The van der Waals surface area contributed by atoms with E-state index in [1.54, 1.807) is 7.11 Å². The minimum Gasteiger partial charge on any atom is -0.382 e. The zero-order chi connectivity index (χ0) is 9.94. The third kappa shape index (κ3) is 8.54. The second-order valence-corrected chi connectivity index (χ2v) is 3.51. The Morgan fingerprint density at radius 3 is 2.46 bits per heavy atom. The van der Waals surface area contributed by atoms with E-state index in [4.69, 9.17) is 21.1 Å². The monoisotopic (exact) mass is 208 g/mol. The molecule has 0 aliphatic carbocycles. The fourth-order valence-electron chi connectivity index (χ4n) is 1.20.